The molecule has 3 aromatic carbocycles. The summed E-state index contributed by atoms with van der Waals surface area (Å²) in [4.78, 5) is 25.4. The van der Waals surface area contributed by atoms with Gasteiger partial charge in [0.1, 0.15) is 22.8 Å². The highest BCUT2D eigenvalue weighted by Gasteiger charge is 2.16. The molecule has 0 N–H and O–H groups in total. The fraction of sp³-hybridized carbons (Fsp3) is 0.0833. The first-order valence-corrected chi connectivity index (χ1v) is 9.53. The second kappa shape index (κ2) is 8.05. The van der Waals surface area contributed by atoms with Crippen LogP contribution >= 0.6 is 11.6 Å². The van der Waals surface area contributed by atoms with Crippen molar-refractivity contribution in [1.82, 2.24) is 0 Å². The first-order valence-electron chi connectivity index (χ1n) is 9.16. The van der Waals surface area contributed by atoms with Gasteiger partial charge in [0.25, 0.3) is 0 Å². The van der Waals surface area contributed by atoms with Crippen LogP contribution < -0.4 is 14.9 Å². The predicted octanol–water partition coefficient (Wildman–Crippen LogP) is 5.65. The summed E-state index contributed by atoms with van der Waals surface area (Å²) in [5.74, 6) is 0.890. The zero-order valence-corrected chi connectivity index (χ0v) is 17.0. The van der Waals surface area contributed by atoms with E-state index in [0.717, 1.165) is 5.56 Å². The van der Waals surface area contributed by atoms with E-state index in [4.69, 9.17) is 25.5 Å². The van der Waals surface area contributed by atoms with Crippen molar-refractivity contribution < 1.29 is 18.7 Å². The molecule has 4 aromatic rings. The Morgan fingerprint density at radius 1 is 0.967 bits per heavy atom. The van der Waals surface area contributed by atoms with Gasteiger partial charge < -0.3 is 13.9 Å². The van der Waals surface area contributed by atoms with Gasteiger partial charge in [-0.3, -0.25) is 4.79 Å². The van der Waals surface area contributed by atoms with E-state index in [0.29, 0.717) is 38.6 Å². The molecule has 0 unspecified atom stereocenters. The van der Waals surface area contributed by atoms with E-state index < -0.39 is 5.97 Å². The molecule has 0 radical (unpaired) electrons. The van der Waals surface area contributed by atoms with E-state index in [1.54, 1.807) is 56.5 Å². The molecule has 0 saturated carbocycles. The number of benzene rings is 3. The molecular weight excluding hydrogens is 404 g/mol. The van der Waals surface area contributed by atoms with Crippen LogP contribution in [0.2, 0.25) is 5.02 Å². The maximum absolute atomic E-state index is 13.1. The molecule has 0 amide bonds. The van der Waals surface area contributed by atoms with Crippen molar-refractivity contribution in [2.45, 2.75) is 6.92 Å². The first kappa shape index (κ1) is 19.7. The van der Waals surface area contributed by atoms with E-state index >= 15 is 0 Å². The van der Waals surface area contributed by atoms with Crippen LogP contribution in [-0.2, 0) is 0 Å². The van der Waals surface area contributed by atoms with Crippen molar-refractivity contribution in [2.75, 3.05) is 7.11 Å². The Morgan fingerprint density at radius 2 is 1.70 bits per heavy atom. The van der Waals surface area contributed by atoms with E-state index in [-0.39, 0.29) is 11.2 Å². The Kier molecular flexibility index (Phi) is 5.29. The second-order valence-corrected chi connectivity index (χ2v) is 7.09. The third kappa shape index (κ3) is 3.80. The van der Waals surface area contributed by atoms with Gasteiger partial charge in [-0.1, -0.05) is 29.8 Å². The smallest absolute Gasteiger partial charge is 0.343 e. The standard InChI is InChI=1S/C24H17ClO5/c1-14-22(15-6-8-18(28-2)9-7-15)23(26)20-11-10-19(13-21(20)29-14)30-24(27)16-4-3-5-17(25)12-16/h3-13H,1-2H3. The molecule has 0 bridgehead atoms. The van der Waals surface area contributed by atoms with Gasteiger partial charge in [0.2, 0.25) is 5.43 Å². The Bertz CT molecular complexity index is 1310. The molecule has 4 rings (SSSR count). The van der Waals surface area contributed by atoms with E-state index in [1.807, 2.05) is 12.1 Å². The fourth-order valence-corrected chi connectivity index (χ4v) is 3.41. The molecule has 0 atom stereocenters. The van der Waals surface area contributed by atoms with Gasteiger partial charge in [0.05, 0.1) is 23.6 Å². The Hall–Kier alpha value is -3.57. The number of carbonyl (C=O) groups is 1. The minimum Gasteiger partial charge on any atom is -0.497 e. The lowest BCUT2D eigenvalue weighted by Gasteiger charge is -2.09. The van der Waals surface area contributed by atoms with Crippen molar-refractivity contribution in [3.63, 3.8) is 0 Å². The normalized spacial score (nSPS) is 10.8. The molecule has 1 aromatic heterocycles. The average Bonchev–Trinajstić information content (AvgIpc) is 2.74. The Morgan fingerprint density at radius 3 is 2.40 bits per heavy atom. The molecule has 0 aliphatic rings. The highest BCUT2D eigenvalue weighted by atomic mass is 35.5. The minimum atomic E-state index is -0.550. The number of hydrogen-bond acceptors (Lipinski definition) is 5. The molecule has 1 heterocycles. The van der Waals surface area contributed by atoms with Gasteiger partial charge in [0.15, 0.2) is 0 Å². The Balaban J connectivity index is 1.70. The maximum Gasteiger partial charge on any atom is 0.343 e. The van der Waals surface area contributed by atoms with Gasteiger partial charge in [-0.05, 0) is 55.0 Å². The average molecular weight is 421 g/mol. The van der Waals surface area contributed by atoms with Crippen molar-refractivity contribution in [2.24, 2.45) is 0 Å². The zero-order chi connectivity index (χ0) is 21.3. The molecular formula is C24H17ClO5. The van der Waals surface area contributed by atoms with Crippen LogP contribution in [0, 0.1) is 6.92 Å². The number of halogens is 1. The topological polar surface area (TPSA) is 65.7 Å². The highest BCUT2D eigenvalue weighted by molar-refractivity contribution is 6.30. The molecule has 0 spiro atoms. The first-order chi connectivity index (χ1) is 14.5. The van der Waals surface area contributed by atoms with Gasteiger partial charge in [-0.25, -0.2) is 4.79 Å². The number of fused-ring (bicyclic) bond motifs is 1. The van der Waals surface area contributed by atoms with Crippen LogP contribution in [0.5, 0.6) is 11.5 Å². The number of rotatable bonds is 4. The highest BCUT2D eigenvalue weighted by Crippen LogP contribution is 2.28. The summed E-state index contributed by atoms with van der Waals surface area (Å²) < 4.78 is 16.5. The number of ether oxygens (including phenoxy) is 2. The van der Waals surface area contributed by atoms with Crippen LogP contribution in [0.4, 0.5) is 0 Å². The summed E-state index contributed by atoms with van der Waals surface area (Å²) in [6.07, 6.45) is 0. The van der Waals surface area contributed by atoms with Gasteiger partial charge in [0, 0.05) is 11.1 Å². The molecule has 30 heavy (non-hydrogen) atoms. The van der Waals surface area contributed by atoms with Crippen LogP contribution in [0.3, 0.4) is 0 Å². The zero-order valence-electron chi connectivity index (χ0n) is 16.3. The van der Waals surface area contributed by atoms with Crippen LogP contribution in [0.25, 0.3) is 22.1 Å². The second-order valence-electron chi connectivity index (χ2n) is 6.65. The third-order valence-corrected chi connectivity index (χ3v) is 4.92. The van der Waals surface area contributed by atoms with Crippen LogP contribution in [0.1, 0.15) is 16.1 Å². The van der Waals surface area contributed by atoms with E-state index in [2.05, 4.69) is 0 Å². The van der Waals surface area contributed by atoms with Crippen LogP contribution in [-0.4, -0.2) is 13.1 Å². The molecule has 0 saturated heterocycles. The SMILES string of the molecule is COc1ccc(-c2c(C)oc3cc(OC(=O)c4cccc(Cl)c4)ccc3c2=O)cc1. The summed E-state index contributed by atoms with van der Waals surface area (Å²) in [6.45, 7) is 1.73. The van der Waals surface area contributed by atoms with Gasteiger partial charge >= 0.3 is 5.97 Å². The van der Waals surface area contributed by atoms with Crippen molar-refractivity contribution >= 4 is 28.5 Å². The van der Waals surface area contributed by atoms with E-state index in [9.17, 15) is 9.59 Å². The monoisotopic (exact) mass is 420 g/mol. The molecule has 6 heteroatoms. The molecule has 0 aliphatic carbocycles. The van der Waals surface area contributed by atoms with Gasteiger partial charge in [-0.2, -0.15) is 0 Å². The van der Waals surface area contributed by atoms with Crippen LogP contribution in [0.15, 0.2) is 75.9 Å². The number of aryl methyl sites for hydroxylation is 1. The largest absolute Gasteiger partial charge is 0.497 e. The quantitative estimate of drug-likeness (QED) is 0.315. The van der Waals surface area contributed by atoms with E-state index in [1.165, 1.54) is 12.1 Å². The predicted molar refractivity (Wildman–Crippen MR) is 116 cm³/mol. The van der Waals surface area contributed by atoms with Gasteiger partial charge in [-0.15, -0.1) is 0 Å². The lowest BCUT2D eigenvalue weighted by molar-refractivity contribution is 0.0735. The van der Waals surface area contributed by atoms with Crippen molar-refractivity contribution in [3.8, 4) is 22.6 Å². The molecule has 0 aliphatic heterocycles. The lowest BCUT2D eigenvalue weighted by Crippen LogP contribution is -2.10. The molecule has 5 nitrogen and oxygen atoms in total. The maximum atomic E-state index is 13.1. The summed E-state index contributed by atoms with van der Waals surface area (Å²) in [5.41, 5.74) is 1.72. The number of carbonyl (C=O) groups excluding carboxylic acids is 1. The summed E-state index contributed by atoms with van der Waals surface area (Å²) in [6, 6.07) is 18.4. The lowest BCUT2D eigenvalue weighted by atomic mass is 10.0. The fourth-order valence-electron chi connectivity index (χ4n) is 3.22. The summed E-state index contributed by atoms with van der Waals surface area (Å²) in [5, 5.41) is 0.838. The number of methoxy groups -OCH3 is 1. The van der Waals surface area contributed by atoms with Crippen molar-refractivity contribution in [3.05, 3.63) is 93.3 Å². The summed E-state index contributed by atoms with van der Waals surface area (Å²) in [7, 11) is 1.58. The summed E-state index contributed by atoms with van der Waals surface area (Å²) >= 11 is 5.92. The third-order valence-electron chi connectivity index (χ3n) is 4.69. The molecule has 150 valence electrons. The minimum absolute atomic E-state index is 0.161. The molecule has 0 fully saturated rings. The van der Waals surface area contributed by atoms with Crippen molar-refractivity contribution in [1.29, 1.82) is 0 Å². The Labute approximate surface area is 177 Å². The number of esters is 1. The number of hydrogen-bond donors (Lipinski definition) is 0.